The van der Waals surface area contributed by atoms with Crippen molar-refractivity contribution in [2.75, 3.05) is 11.9 Å². The molecule has 0 unspecified atom stereocenters. The Morgan fingerprint density at radius 1 is 1.33 bits per heavy atom. The van der Waals surface area contributed by atoms with Gasteiger partial charge in [0.25, 0.3) is 0 Å². The molecule has 2 atom stereocenters. The van der Waals surface area contributed by atoms with Gasteiger partial charge in [-0.15, -0.1) is 0 Å². The van der Waals surface area contributed by atoms with Crippen molar-refractivity contribution in [2.24, 2.45) is 11.7 Å². The summed E-state index contributed by atoms with van der Waals surface area (Å²) in [5.41, 5.74) is 7.93. The summed E-state index contributed by atoms with van der Waals surface area (Å²) < 4.78 is 2.28. The van der Waals surface area contributed by atoms with Gasteiger partial charge < -0.3 is 15.6 Å². The van der Waals surface area contributed by atoms with Gasteiger partial charge in [-0.05, 0) is 43.7 Å². The Hall–Kier alpha value is -1.95. The molecule has 0 radical (unpaired) electrons. The molecule has 1 saturated carbocycles. The van der Waals surface area contributed by atoms with E-state index in [0.717, 1.165) is 36.8 Å². The maximum atomic E-state index is 11.7. The molecule has 0 spiro atoms. The van der Waals surface area contributed by atoms with Gasteiger partial charge in [-0.3, -0.25) is 4.79 Å². The van der Waals surface area contributed by atoms with Crippen LogP contribution in [0.2, 0.25) is 0 Å². The third kappa shape index (κ3) is 2.01. The van der Waals surface area contributed by atoms with Crippen LogP contribution in [0.5, 0.6) is 0 Å². The van der Waals surface area contributed by atoms with Crippen molar-refractivity contribution in [2.45, 2.75) is 38.1 Å². The van der Waals surface area contributed by atoms with Crippen molar-refractivity contribution in [3.63, 3.8) is 0 Å². The van der Waals surface area contributed by atoms with Crippen molar-refractivity contribution in [1.29, 1.82) is 0 Å². The number of nitrogens with zero attached hydrogens (tertiary/aromatic N) is 3. The second-order valence-corrected chi connectivity index (χ2v) is 6.10. The fraction of sp³-hybridized carbons (Fsp3) is 0.533. The molecule has 110 valence electrons. The third-order valence-corrected chi connectivity index (χ3v) is 4.81. The largest absolute Gasteiger partial charge is 0.330 e. The minimum Gasteiger partial charge on any atom is -0.330 e. The summed E-state index contributed by atoms with van der Waals surface area (Å²) in [5, 5.41) is 3.90. The van der Waals surface area contributed by atoms with E-state index in [4.69, 9.17) is 5.73 Å². The molecule has 2 aliphatic rings. The lowest BCUT2D eigenvalue weighted by Crippen LogP contribution is -2.13. The summed E-state index contributed by atoms with van der Waals surface area (Å²) in [6.45, 7) is 0.763. The van der Waals surface area contributed by atoms with Gasteiger partial charge >= 0.3 is 0 Å². The number of anilines is 1. The van der Waals surface area contributed by atoms with Crippen molar-refractivity contribution >= 4 is 22.8 Å². The standard InChI is InChI=1S/C15H19N5O/c16-6-9-1-3-11(5-9)20-7-10-2-4-12(21)19-14-13(10)15(20)18-8-17-14/h7-9,11H,1-6,16H2,(H,17,18,19,21)/t9-,11+/m1/s1. The molecule has 1 aliphatic carbocycles. The monoisotopic (exact) mass is 285 g/mol. The van der Waals surface area contributed by atoms with Gasteiger partial charge in [-0.25, -0.2) is 9.97 Å². The van der Waals surface area contributed by atoms with Gasteiger partial charge in [0.05, 0.1) is 5.39 Å². The highest BCUT2D eigenvalue weighted by Gasteiger charge is 2.28. The van der Waals surface area contributed by atoms with E-state index in [0.29, 0.717) is 24.2 Å². The number of hydrogen-bond acceptors (Lipinski definition) is 4. The van der Waals surface area contributed by atoms with Crippen LogP contribution in [0.4, 0.5) is 5.82 Å². The quantitative estimate of drug-likeness (QED) is 0.878. The van der Waals surface area contributed by atoms with E-state index < -0.39 is 0 Å². The molecule has 0 aromatic carbocycles. The number of aryl methyl sites for hydroxylation is 1. The van der Waals surface area contributed by atoms with Crippen LogP contribution in [0.1, 0.15) is 37.3 Å². The molecule has 1 amide bonds. The van der Waals surface area contributed by atoms with Gasteiger partial charge in [-0.1, -0.05) is 0 Å². The average Bonchev–Trinajstić information content (AvgIpc) is 3.05. The van der Waals surface area contributed by atoms with E-state index in [1.54, 1.807) is 6.33 Å². The second kappa shape index (κ2) is 4.80. The molecule has 6 nitrogen and oxygen atoms in total. The van der Waals surface area contributed by atoms with Gasteiger partial charge in [0.15, 0.2) is 0 Å². The number of nitrogens with two attached hydrogens (primary N) is 1. The van der Waals surface area contributed by atoms with Crippen LogP contribution < -0.4 is 11.1 Å². The average molecular weight is 285 g/mol. The van der Waals surface area contributed by atoms with Crippen LogP contribution in [0, 0.1) is 5.92 Å². The molecule has 1 aliphatic heterocycles. The fourth-order valence-corrected chi connectivity index (χ4v) is 3.68. The molecule has 3 heterocycles. The molecule has 2 aromatic rings. The zero-order valence-corrected chi connectivity index (χ0v) is 11.9. The lowest BCUT2D eigenvalue weighted by molar-refractivity contribution is -0.116. The van der Waals surface area contributed by atoms with E-state index in [-0.39, 0.29) is 5.91 Å². The van der Waals surface area contributed by atoms with Crippen LogP contribution in [0.15, 0.2) is 12.5 Å². The SMILES string of the molecule is NC[C@@H]1CC[C@H](n2cc3c4c(ncnc42)NC(=O)CC3)C1. The van der Waals surface area contributed by atoms with Crippen LogP contribution in [-0.4, -0.2) is 27.0 Å². The van der Waals surface area contributed by atoms with Crippen LogP contribution >= 0.6 is 0 Å². The number of amides is 1. The van der Waals surface area contributed by atoms with Gasteiger partial charge in [0, 0.05) is 18.7 Å². The van der Waals surface area contributed by atoms with Crippen LogP contribution in [0.3, 0.4) is 0 Å². The summed E-state index contributed by atoms with van der Waals surface area (Å²) in [7, 11) is 0. The van der Waals surface area contributed by atoms with Crippen LogP contribution in [-0.2, 0) is 11.2 Å². The molecular weight excluding hydrogens is 266 g/mol. The Bertz CT molecular complexity index is 707. The second-order valence-electron chi connectivity index (χ2n) is 6.10. The number of carbonyl (C=O) groups excluding carboxylic acids is 1. The lowest BCUT2D eigenvalue weighted by atomic mass is 10.1. The zero-order valence-electron chi connectivity index (χ0n) is 11.9. The maximum Gasteiger partial charge on any atom is 0.225 e. The number of carbonyl (C=O) groups is 1. The molecular formula is C15H19N5O. The molecule has 6 heteroatoms. The molecule has 4 rings (SSSR count). The Balaban J connectivity index is 1.82. The fourth-order valence-electron chi connectivity index (χ4n) is 3.68. The van der Waals surface area contributed by atoms with E-state index >= 15 is 0 Å². The lowest BCUT2D eigenvalue weighted by Gasteiger charge is -2.14. The predicted molar refractivity (Wildman–Crippen MR) is 79.9 cm³/mol. The first-order valence-electron chi connectivity index (χ1n) is 7.60. The maximum absolute atomic E-state index is 11.7. The molecule has 21 heavy (non-hydrogen) atoms. The van der Waals surface area contributed by atoms with Crippen molar-refractivity contribution < 1.29 is 4.79 Å². The number of nitrogens with one attached hydrogen (secondary N) is 1. The molecule has 0 bridgehead atoms. The molecule has 1 fully saturated rings. The minimum atomic E-state index is 0.0295. The first kappa shape index (κ1) is 12.8. The van der Waals surface area contributed by atoms with Gasteiger partial charge in [0.1, 0.15) is 17.8 Å². The number of rotatable bonds is 2. The normalized spacial score (nSPS) is 25.1. The van der Waals surface area contributed by atoms with E-state index in [1.165, 1.54) is 12.0 Å². The van der Waals surface area contributed by atoms with E-state index in [1.807, 2.05) is 0 Å². The summed E-state index contributed by atoms with van der Waals surface area (Å²) >= 11 is 0. The number of hydrogen-bond donors (Lipinski definition) is 2. The Morgan fingerprint density at radius 2 is 2.24 bits per heavy atom. The van der Waals surface area contributed by atoms with Crippen molar-refractivity contribution in [3.8, 4) is 0 Å². The third-order valence-electron chi connectivity index (χ3n) is 4.81. The first-order chi connectivity index (χ1) is 10.3. The molecule has 0 saturated heterocycles. The highest BCUT2D eigenvalue weighted by molar-refractivity contribution is 6.02. The zero-order chi connectivity index (χ0) is 14.4. The van der Waals surface area contributed by atoms with Gasteiger partial charge in [-0.2, -0.15) is 0 Å². The van der Waals surface area contributed by atoms with E-state index in [9.17, 15) is 4.79 Å². The predicted octanol–water partition coefficient (Wildman–Crippen LogP) is 1.62. The highest BCUT2D eigenvalue weighted by atomic mass is 16.1. The molecule has 3 N–H and O–H groups in total. The van der Waals surface area contributed by atoms with E-state index in [2.05, 4.69) is 26.0 Å². The van der Waals surface area contributed by atoms with Gasteiger partial charge in [0.2, 0.25) is 5.91 Å². The summed E-state index contributed by atoms with van der Waals surface area (Å²) in [6.07, 6.45) is 8.42. The van der Waals surface area contributed by atoms with Crippen molar-refractivity contribution in [1.82, 2.24) is 14.5 Å². The highest BCUT2D eigenvalue weighted by Crippen LogP contribution is 2.38. The topological polar surface area (TPSA) is 85.8 Å². The Morgan fingerprint density at radius 3 is 3.05 bits per heavy atom. The van der Waals surface area contributed by atoms with Crippen LogP contribution in [0.25, 0.3) is 11.0 Å². The van der Waals surface area contributed by atoms with Crippen molar-refractivity contribution in [3.05, 3.63) is 18.1 Å². The summed E-state index contributed by atoms with van der Waals surface area (Å²) in [6, 6.07) is 0.465. The Kier molecular flexibility index (Phi) is 2.92. The molecule has 2 aromatic heterocycles. The first-order valence-corrected chi connectivity index (χ1v) is 7.60. The Labute approximate surface area is 122 Å². The smallest absolute Gasteiger partial charge is 0.225 e. The summed E-state index contributed by atoms with van der Waals surface area (Å²) in [4.78, 5) is 20.4. The summed E-state index contributed by atoms with van der Waals surface area (Å²) in [5.74, 6) is 1.30. The minimum absolute atomic E-state index is 0.0295. The number of aromatic nitrogens is 3.